The van der Waals surface area contributed by atoms with E-state index < -0.39 is 114 Å². The molecule has 0 amide bonds. The number of phenols is 18. The van der Waals surface area contributed by atoms with Crippen molar-refractivity contribution in [3.8, 4) is 109 Å². The molecule has 43 nitrogen and oxygen atoms in total. The Kier molecular flexibility index (Phi) is 53.1. The maximum Gasteiger partial charge on any atom is 0.335 e. The van der Waals surface area contributed by atoms with Crippen molar-refractivity contribution in [2.75, 3.05) is 33.5 Å². The second-order valence-electron chi connectivity index (χ2n) is 31.1. The molecule has 13 rings (SSSR count). The Labute approximate surface area is 854 Å². The highest BCUT2D eigenvalue weighted by Gasteiger charge is 2.45. The monoisotopic (exact) mass is 2080 g/mol. The standard InChI is InChI=1S/C25H30O9.C10H10O3.C9H10O4.C9H8O4.C9H8O3.C8H8O3.C8H10O3.C8H10O2.C7H6O5.C7H6O4.C7H6O3/c1-14-11-17(3-6-18(14)27)9-10-32-25-23(31)15(2)24(21(13-26)33-25)34-22(30)8-5-16-4-7-19(28)20(29)12-16;1-7-2-3-8(6-9(7)11)4-5-10(12)13;1-5-3-6(9(11)12)4-7(13-2)8(5)10;10-7-3-1-6(5-8(7)11)2-4-9(12)13;10-8-4-1-7(2-5-8)3-6-9(11)12;1-5-4-6(8(10)11)2-3-7(5)9;9-4-3-6-1-2-7(10)8(11)5-6;9-6-5-7-1-3-8(10)4-2-7;8-4-1-3(7(11)12)2-5(9)6(4)10;8-5-2-1-4(7(10)11)3-6(5)9;8-6-3-1-5(2-4-6)7(9)10/h3-8,11-12,15,21,23-29,31H,9-10,13H2,1-2H3;2-6,11H,1H3,(H,12,13);3-4,10H,1-2H3,(H,11,12);1-5,10-11H,(H,12,13);1-6,10H,(H,11,12);2-4,9H,1H3,(H,10,11);1-2,5,9-11H,3-4H2;1-4,9-10H,5-6H2;1-2,8-10H,(H,11,12);1-3,8-9H,(H,10,11);1-4,8H,(H,9,10)/b8-5+;5-4+;;4-2+;6-3+;;;;;;/t15?,21-,23?,24?,25?;;;;;;;;;;/m1........../s1. The summed E-state index contributed by atoms with van der Waals surface area (Å²) in [6, 6.07) is 53.2. The van der Waals surface area contributed by atoms with Crippen LogP contribution in [0.25, 0.3) is 24.3 Å². The van der Waals surface area contributed by atoms with E-state index in [1.165, 1.54) is 159 Å². The van der Waals surface area contributed by atoms with Crippen LogP contribution in [0, 0.1) is 33.6 Å². The lowest BCUT2D eigenvalue weighted by molar-refractivity contribution is -0.289. The predicted octanol–water partition coefficient (Wildman–Crippen LogP) is 13.2. The number of benzene rings is 12. The van der Waals surface area contributed by atoms with Gasteiger partial charge in [-0.1, -0.05) is 73.7 Å². The number of aromatic hydroxyl groups is 18. The molecule has 1 fully saturated rings. The Balaban J connectivity index is 0.000000437. The number of aliphatic hydroxyl groups excluding tert-OH is 4. The first kappa shape index (κ1) is 125. The van der Waals surface area contributed by atoms with Crippen molar-refractivity contribution in [3.63, 3.8) is 0 Å². The third-order valence-electron chi connectivity index (χ3n) is 19.8. The molecule has 12 aromatic carbocycles. The largest absolute Gasteiger partial charge is 0.508 e. The number of methoxy groups -OCH3 is 1. The van der Waals surface area contributed by atoms with Gasteiger partial charge in [-0.15, -0.1) is 0 Å². The van der Waals surface area contributed by atoms with Crippen LogP contribution >= 0.6 is 0 Å². The van der Waals surface area contributed by atoms with Crippen molar-refractivity contribution in [3.05, 3.63) is 338 Å². The molecule has 1 heterocycles. The lowest BCUT2D eigenvalue weighted by atomic mass is 9.90. The number of esters is 1. The molecule has 0 radical (unpaired) electrons. The van der Waals surface area contributed by atoms with Gasteiger partial charge in [-0.25, -0.2) is 43.2 Å². The summed E-state index contributed by atoms with van der Waals surface area (Å²) in [6.07, 6.45) is 7.55. The van der Waals surface area contributed by atoms with Crippen LogP contribution in [0.4, 0.5) is 0 Å². The number of hydrogen-bond donors (Lipinski definition) is 30. The SMILES string of the molecule is COc1cc(C(=O)O)cc(C)c1O.Cc1cc(C(=O)O)ccc1O.Cc1cc(CCOC2O[C@H](CO)C(OC(=O)/C=C/c3ccc(O)c(O)c3)C(C)C2O)ccc1O.Cc1ccc(/C=C/C(=O)O)cc1O.O=C(O)/C=C/c1ccc(O)c(O)c1.O=C(O)/C=C/c1ccc(O)cc1.O=C(O)c1cc(O)c(O)c(O)c1.O=C(O)c1ccc(O)c(O)c1.O=C(O)c1ccc(O)cc1.OCCc1ccc(O)c(O)c1.OCCc1ccc(O)cc1. The number of rotatable bonds is 24. The molecular weight excluding hydrogens is 1970 g/mol. The summed E-state index contributed by atoms with van der Waals surface area (Å²) in [4.78, 5) is 94.5. The molecule has 1 aliphatic heterocycles. The maximum atomic E-state index is 12.3. The number of carboxylic acid groups (broad SMARTS) is 8. The quantitative estimate of drug-likeness (QED) is 0.0152. The van der Waals surface area contributed by atoms with Gasteiger partial charge in [0.05, 0.1) is 48.1 Å². The van der Waals surface area contributed by atoms with Gasteiger partial charge >= 0.3 is 53.7 Å². The third-order valence-corrected chi connectivity index (χ3v) is 19.8. The van der Waals surface area contributed by atoms with Gasteiger partial charge in [0, 0.05) is 43.4 Å². The molecule has 4 unspecified atom stereocenters. The zero-order chi connectivity index (χ0) is 113. The van der Waals surface area contributed by atoms with E-state index in [2.05, 4.69) is 0 Å². The van der Waals surface area contributed by atoms with E-state index in [4.69, 9.17) is 136 Å². The number of carbonyl (C=O) groups excluding carboxylic acids is 1. The topological polar surface area (TPSA) is 797 Å². The van der Waals surface area contributed by atoms with Crippen LogP contribution in [0.3, 0.4) is 0 Å². The molecular formula is C107H112O43. The molecule has 1 saturated heterocycles. The van der Waals surface area contributed by atoms with Crippen LogP contribution < -0.4 is 4.74 Å². The van der Waals surface area contributed by atoms with Crippen LogP contribution in [0.2, 0.25) is 0 Å². The molecule has 12 aromatic rings. The summed E-state index contributed by atoms with van der Waals surface area (Å²) in [5, 5.41) is 268. The Morgan fingerprint density at radius 2 is 0.653 bits per heavy atom. The van der Waals surface area contributed by atoms with E-state index in [1.807, 2.05) is 6.07 Å². The normalized spacial score (nSPS) is 13.3. The molecule has 150 heavy (non-hydrogen) atoms. The van der Waals surface area contributed by atoms with E-state index in [0.717, 1.165) is 82.0 Å². The van der Waals surface area contributed by atoms with Crippen LogP contribution in [-0.2, 0) is 52.7 Å². The Morgan fingerprint density at radius 3 is 1.07 bits per heavy atom. The van der Waals surface area contributed by atoms with Crippen LogP contribution in [0.5, 0.6) is 109 Å². The summed E-state index contributed by atoms with van der Waals surface area (Å²) < 4.78 is 21.6. The summed E-state index contributed by atoms with van der Waals surface area (Å²) in [5.74, 6) is -12.8. The van der Waals surface area contributed by atoms with Crippen molar-refractivity contribution in [1.29, 1.82) is 0 Å². The van der Waals surface area contributed by atoms with Crippen molar-refractivity contribution < 1.29 is 215 Å². The highest BCUT2D eigenvalue weighted by Crippen LogP contribution is 2.37. The summed E-state index contributed by atoms with van der Waals surface area (Å²) in [5.41, 5.74) is 7.91. The molecule has 1 aliphatic rings. The molecule has 0 aliphatic carbocycles. The minimum Gasteiger partial charge on any atom is -0.508 e. The Bertz CT molecular complexity index is 6450. The van der Waals surface area contributed by atoms with E-state index in [1.54, 1.807) is 101 Å². The number of phenolic OH excluding ortho intramolecular Hbond substituents is 18. The van der Waals surface area contributed by atoms with Crippen LogP contribution in [0.15, 0.2) is 249 Å². The third kappa shape index (κ3) is 46.0. The second-order valence-corrected chi connectivity index (χ2v) is 31.1. The number of aliphatic hydroxyl groups is 4. The van der Waals surface area contributed by atoms with Crippen molar-refractivity contribution in [2.24, 2.45) is 5.92 Å². The van der Waals surface area contributed by atoms with E-state index in [9.17, 15) is 78.9 Å². The number of carboxylic acids is 8. The van der Waals surface area contributed by atoms with Crippen molar-refractivity contribution >= 4 is 78.0 Å². The molecule has 0 spiro atoms. The van der Waals surface area contributed by atoms with Gasteiger partial charge in [-0.3, -0.25) is 0 Å². The number of carbonyl (C=O) groups is 9. The number of aromatic carboxylic acids is 5. The number of hydrogen-bond acceptors (Lipinski definition) is 35. The van der Waals surface area contributed by atoms with Crippen molar-refractivity contribution in [2.45, 2.75) is 78.5 Å². The van der Waals surface area contributed by atoms with E-state index in [0.29, 0.717) is 47.1 Å². The first-order valence-electron chi connectivity index (χ1n) is 43.6. The fourth-order valence-electron chi connectivity index (χ4n) is 11.6. The summed E-state index contributed by atoms with van der Waals surface area (Å²) in [6.45, 7) is 8.52. The average molecular weight is 2090 g/mol. The summed E-state index contributed by atoms with van der Waals surface area (Å²) in [7, 11) is 1.38. The van der Waals surface area contributed by atoms with Gasteiger partial charge in [-0.2, -0.15) is 0 Å². The Morgan fingerprint density at radius 1 is 0.313 bits per heavy atom. The second kappa shape index (κ2) is 63.7. The molecule has 30 N–H and O–H groups in total. The lowest BCUT2D eigenvalue weighted by Gasteiger charge is -2.42. The number of aliphatic carboxylic acids is 3. The highest BCUT2D eigenvalue weighted by atomic mass is 16.7. The van der Waals surface area contributed by atoms with Gasteiger partial charge < -0.3 is 172 Å². The van der Waals surface area contributed by atoms with E-state index >= 15 is 0 Å². The van der Waals surface area contributed by atoms with E-state index in [-0.39, 0.29) is 134 Å². The molecule has 0 bridgehead atoms. The summed E-state index contributed by atoms with van der Waals surface area (Å²) >= 11 is 0. The predicted molar refractivity (Wildman–Crippen MR) is 539 cm³/mol. The molecule has 0 aromatic heterocycles. The first-order valence-corrected chi connectivity index (χ1v) is 43.6. The minimum atomic E-state index is -1.29. The highest BCUT2D eigenvalue weighted by molar-refractivity contribution is 5.92. The van der Waals surface area contributed by atoms with Gasteiger partial charge in [0.1, 0.15) is 52.8 Å². The lowest BCUT2D eigenvalue weighted by Crippen LogP contribution is -2.56. The fourth-order valence-corrected chi connectivity index (χ4v) is 11.6. The number of ether oxygens (including phenoxy) is 4. The van der Waals surface area contributed by atoms with Gasteiger partial charge in [-0.05, 0) is 290 Å². The number of aryl methyl sites for hydroxylation is 4. The van der Waals surface area contributed by atoms with Crippen molar-refractivity contribution in [1.82, 2.24) is 0 Å². The average Bonchev–Trinajstić information content (AvgIpc) is 0.800. The molecule has 43 heteroatoms. The zero-order valence-electron chi connectivity index (χ0n) is 80.5. The smallest absolute Gasteiger partial charge is 0.335 e. The van der Waals surface area contributed by atoms with Gasteiger partial charge in [0.25, 0.3) is 0 Å². The van der Waals surface area contributed by atoms with Crippen LogP contribution in [0.1, 0.15) is 120 Å². The zero-order valence-corrected chi connectivity index (χ0v) is 80.5. The minimum absolute atomic E-state index is 0.0208. The van der Waals surface area contributed by atoms with Crippen LogP contribution in [-0.4, -0.2) is 265 Å². The van der Waals surface area contributed by atoms with Gasteiger partial charge in [0.2, 0.25) is 0 Å². The fraction of sp³-hybridized carbons (Fsp3) is 0.168. The molecule has 0 saturated carbocycles. The first-order chi connectivity index (χ1) is 70.6. The molecule has 5 atom stereocenters. The molecule has 798 valence electrons. The maximum absolute atomic E-state index is 12.3. The Hall–Kier alpha value is -19.2. The van der Waals surface area contributed by atoms with Gasteiger partial charge in [0.15, 0.2) is 81.0 Å².